The van der Waals surface area contributed by atoms with Crippen molar-refractivity contribution in [3.63, 3.8) is 0 Å². The Kier molecular flexibility index (Phi) is 4.70. The fraction of sp³-hybridized carbons (Fsp3) is 0.211. The standard InChI is InChI=1S/C19H17NO4/c21-19(15-9-11-17(12-10-15)20(22)23)24-18-8-4-7-16(13-18)14-5-2-1-3-6-14/h1-6,8-12,16,18H,7,13H2/t16-,18+/m0/s1. The number of benzene rings is 2. The summed E-state index contributed by atoms with van der Waals surface area (Å²) in [5, 5.41) is 10.7. The number of rotatable bonds is 4. The van der Waals surface area contributed by atoms with Crippen LogP contribution in [0.15, 0.2) is 66.7 Å². The van der Waals surface area contributed by atoms with Crippen LogP contribution in [0.1, 0.15) is 34.7 Å². The number of hydrogen-bond acceptors (Lipinski definition) is 4. The van der Waals surface area contributed by atoms with E-state index in [1.165, 1.54) is 29.8 Å². The quantitative estimate of drug-likeness (QED) is 0.365. The summed E-state index contributed by atoms with van der Waals surface area (Å²) in [7, 11) is 0. The molecule has 0 heterocycles. The van der Waals surface area contributed by atoms with Crippen LogP contribution in [0.3, 0.4) is 0 Å². The van der Waals surface area contributed by atoms with E-state index in [2.05, 4.69) is 12.1 Å². The zero-order valence-corrected chi connectivity index (χ0v) is 13.0. The van der Waals surface area contributed by atoms with E-state index in [1.807, 2.05) is 30.4 Å². The zero-order valence-electron chi connectivity index (χ0n) is 13.0. The smallest absolute Gasteiger partial charge is 0.338 e. The third-order valence-corrected chi connectivity index (χ3v) is 4.13. The van der Waals surface area contributed by atoms with Gasteiger partial charge in [0.1, 0.15) is 6.10 Å². The maximum atomic E-state index is 12.2. The van der Waals surface area contributed by atoms with Crippen LogP contribution in [-0.2, 0) is 4.74 Å². The predicted octanol–water partition coefficient (Wildman–Crippen LogP) is 4.25. The van der Waals surface area contributed by atoms with E-state index < -0.39 is 10.9 Å². The van der Waals surface area contributed by atoms with Gasteiger partial charge in [-0.05, 0) is 42.5 Å². The maximum absolute atomic E-state index is 12.2. The van der Waals surface area contributed by atoms with Gasteiger partial charge in [-0.25, -0.2) is 4.79 Å². The van der Waals surface area contributed by atoms with E-state index in [9.17, 15) is 14.9 Å². The number of carbonyl (C=O) groups excluding carboxylic acids is 1. The molecular weight excluding hydrogens is 306 g/mol. The molecule has 5 heteroatoms. The molecule has 24 heavy (non-hydrogen) atoms. The summed E-state index contributed by atoms with van der Waals surface area (Å²) in [4.78, 5) is 22.4. The SMILES string of the molecule is O=C(O[C@@H]1C=CC[C@H](c2ccccc2)C1)c1ccc([N+](=O)[O-])cc1. The van der Waals surface area contributed by atoms with Crippen LogP contribution in [0, 0.1) is 10.1 Å². The highest BCUT2D eigenvalue weighted by molar-refractivity contribution is 5.89. The second kappa shape index (κ2) is 7.08. The molecule has 1 aliphatic carbocycles. The highest BCUT2D eigenvalue weighted by Crippen LogP contribution is 2.30. The highest BCUT2D eigenvalue weighted by Gasteiger charge is 2.23. The molecule has 0 amide bonds. The van der Waals surface area contributed by atoms with Gasteiger partial charge in [0.25, 0.3) is 5.69 Å². The van der Waals surface area contributed by atoms with Crippen LogP contribution in [-0.4, -0.2) is 17.0 Å². The molecule has 2 aromatic carbocycles. The van der Waals surface area contributed by atoms with Crippen LogP contribution in [0.25, 0.3) is 0 Å². The molecule has 122 valence electrons. The van der Waals surface area contributed by atoms with Crippen molar-refractivity contribution in [2.45, 2.75) is 24.9 Å². The second-order valence-electron chi connectivity index (χ2n) is 5.75. The highest BCUT2D eigenvalue weighted by atomic mass is 16.6. The van der Waals surface area contributed by atoms with Crippen molar-refractivity contribution >= 4 is 11.7 Å². The van der Waals surface area contributed by atoms with Crippen molar-refractivity contribution < 1.29 is 14.5 Å². The van der Waals surface area contributed by atoms with E-state index >= 15 is 0 Å². The predicted molar refractivity (Wildman–Crippen MR) is 89.9 cm³/mol. The molecule has 0 aromatic heterocycles. The number of allylic oxidation sites excluding steroid dienone is 1. The van der Waals surface area contributed by atoms with E-state index in [-0.39, 0.29) is 11.8 Å². The Hall–Kier alpha value is -2.95. The van der Waals surface area contributed by atoms with Crippen molar-refractivity contribution in [2.24, 2.45) is 0 Å². The number of nitro benzene ring substituents is 1. The molecular formula is C19H17NO4. The van der Waals surface area contributed by atoms with E-state index in [0.717, 1.165) is 12.8 Å². The first kappa shape index (κ1) is 15.9. The van der Waals surface area contributed by atoms with Crippen molar-refractivity contribution in [3.05, 3.63) is 88.0 Å². The summed E-state index contributed by atoms with van der Waals surface area (Å²) in [5.74, 6) is -0.140. The Morgan fingerprint density at radius 1 is 1.08 bits per heavy atom. The minimum Gasteiger partial charge on any atom is -0.455 e. The Balaban J connectivity index is 1.65. The van der Waals surface area contributed by atoms with Crippen LogP contribution in [0.4, 0.5) is 5.69 Å². The second-order valence-corrected chi connectivity index (χ2v) is 5.75. The summed E-state index contributed by atoms with van der Waals surface area (Å²) in [6.45, 7) is 0. The maximum Gasteiger partial charge on any atom is 0.338 e. The fourth-order valence-corrected chi connectivity index (χ4v) is 2.86. The molecule has 0 bridgehead atoms. The number of esters is 1. The number of ether oxygens (including phenoxy) is 1. The Morgan fingerprint density at radius 2 is 1.79 bits per heavy atom. The Bertz CT molecular complexity index is 753. The lowest BCUT2D eigenvalue weighted by Crippen LogP contribution is -2.21. The van der Waals surface area contributed by atoms with Crippen LogP contribution in [0.5, 0.6) is 0 Å². The van der Waals surface area contributed by atoms with Crippen molar-refractivity contribution in [1.29, 1.82) is 0 Å². The number of hydrogen-bond donors (Lipinski definition) is 0. The fourth-order valence-electron chi connectivity index (χ4n) is 2.86. The van der Waals surface area contributed by atoms with Crippen LogP contribution in [0.2, 0.25) is 0 Å². The summed E-state index contributed by atoms with van der Waals surface area (Å²) in [6.07, 6.45) is 5.32. The van der Waals surface area contributed by atoms with E-state index in [0.29, 0.717) is 11.5 Å². The Morgan fingerprint density at radius 3 is 2.46 bits per heavy atom. The zero-order chi connectivity index (χ0) is 16.9. The first-order valence-electron chi connectivity index (χ1n) is 7.80. The van der Waals surface area contributed by atoms with Gasteiger partial charge < -0.3 is 4.74 Å². The van der Waals surface area contributed by atoms with Gasteiger partial charge in [-0.3, -0.25) is 10.1 Å². The van der Waals surface area contributed by atoms with Gasteiger partial charge >= 0.3 is 5.97 Å². The minimum atomic E-state index is -0.497. The molecule has 0 saturated carbocycles. The third kappa shape index (κ3) is 3.68. The summed E-state index contributed by atoms with van der Waals surface area (Å²) in [6, 6.07) is 15.6. The number of non-ortho nitro benzene ring substituents is 1. The largest absolute Gasteiger partial charge is 0.455 e. The topological polar surface area (TPSA) is 69.4 Å². The molecule has 2 aromatic rings. The summed E-state index contributed by atoms with van der Waals surface area (Å²) < 4.78 is 5.53. The van der Waals surface area contributed by atoms with Gasteiger partial charge in [-0.1, -0.05) is 36.4 Å². The number of nitro groups is 1. The van der Waals surface area contributed by atoms with Gasteiger partial charge in [0.05, 0.1) is 10.5 Å². The monoisotopic (exact) mass is 323 g/mol. The van der Waals surface area contributed by atoms with Crippen LogP contribution >= 0.6 is 0 Å². The van der Waals surface area contributed by atoms with Crippen molar-refractivity contribution in [3.8, 4) is 0 Å². The first-order chi connectivity index (χ1) is 11.6. The first-order valence-corrected chi connectivity index (χ1v) is 7.80. The average Bonchev–Trinajstić information content (AvgIpc) is 2.63. The summed E-state index contributed by atoms with van der Waals surface area (Å²) >= 11 is 0. The van der Waals surface area contributed by atoms with Gasteiger partial charge in [-0.2, -0.15) is 0 Å². The van der Waals surface area contributed by atoms with Gasteiger partial charge in [0, 0.05) is 12.1 Å². The molecule has 0 N–H and O–H groups in total. The molecule has 0 spiro atoms. The van der Waals surface area contributed by atoms with Gasteiger partial charge in [0.2, 0.25) is 0 Å². The van der Waals surface area contributed by atoms with Crippen molar-refractivity contribution in [2.75, 3.05) is 0 Å². The normalized spacial score (nSPS) is 19.7. The lowest BCUT2D eigenvalue weighted by Gasteiger charge is -2.25. The molecule has 0 unspecified atom stereocenters. The van der Waals surface area contributed by atoms with Gasteiger partial charge in [0.15, 0.2) is 0 Å². The van der Waals surface area contributed by atoms with Crippen LogP contribution < -0.4 is 0 Å². The Labute approximate surface area is 139 Å². The molecule has 3 rings (SSSR count). The molecule has 2 atom stereocenters. The number of carbonyl (C=O) groups is 1. The molecule has 0 fully saturated rings. The molecule has 1 aliphatic rings. The molecule has 0 aliphatic heterocycles. The molecule has 0 saturated heterocycles. The molecule has 5 nitrogen and oxygen atoms in total. The number of nitrogens with zero attached hydrogens (tertiary/aromatic N) is 1. The minimum absolute atomic E-state index is 0.0479. The van der Waals surface area contributed by atoms with E-state index in [4.69, 9.17) is 4.74 Å². The van der Waals surface area contributed by atoms with Crippen molar-refractivity contribution in [1.82, 2.24) is 0 Å². The average molecular weight is 323 g/mol. The lowest BCUT2D eigenvalue weighted by molar-refractivity contribution is -0.384. The summed E-state index contributed by atoms with van der Waals surface area (Å²) in [5.41, 5.74) is 1.50. The lowest BCUT2D eigenvalue weighted by atomic mass is 9.86. The third-order valence-electron chi connectivity index (χ3n) is 4.13. The molecule has 0 radical (unpaired) electrons. The van der Waals surface area contributed by atoms with Gasteiger partial charge in [-0.15, -0.1) is 0 Å². The van der Waals surface area contributed by atoms with E-state index in [1.54, 1.807) is 0 Å².